The highest BCUT2D eigenvalue weighted by Crippen LogP contribution is 2.39. The molecule has 0 saturated heterocycles. The van der Waals surface area contributed by atoms with Crippen LogP contribution in [0.3, 0.4) is 0 Å². The van der Waals surface area contributed by atoms with Crippen LogP contribution in [0.2, 0.25) is 0 Å². The predicted octanol–water partition coefficient (Wildman–Crippen LogP) is 1.58. The molecule has 1 amide bonds. The Morgan fingerprint density at radius 1 is 1.62 bits per heavy atom. The summed E-state index contributed by atoms with van der Waals surface area (Å²) in [5, 5.41) is 12.1. The SMILES string of the molecule is C=CCn1c(SCC(=O)NC(C)COC)nnc1C1CC1. The molecule has 116 valence electrons. The fourth-order valence-electron chi connectivity index (χ4n) is 2.09. The van der Waals surface area contributed by atoms with Crippen LogP contribution in [-0.2, 0) is 16.1 Å². The lowest BCUT2D eigenvalue weighted by Gasteiger charge is -2.12. The minimum Gasteiger partial charge on any atom is -0.383 e. The second-order valence-corrected chi connectivity index (χ2v) is 6.17. The quantitative estimate of drug-likeness (QED) is 0.554. The Kier molecular flexibility index (Phi) is 5.81. The summed E-state index contributed by atoms with van der Waals surface area (Å²) < 4.78 is 7.05. The van der Waals surface area contributed by atoms with Gasteiger partial charge in [-0.05, 0) is 19.8 Å². The molecular weight excluding hydrogens is 288 g/mol. The van der Waals surface area contributed by atoms with Crippen molar-refractivity contribution in [3.05, 3.63) is 18.5 Å². The highest BCUT2D eigenvalue weighted by molar-refractivity contribution is 7.99. The molecule has 0 bridgehead atoms. The second kappa shape index (κ2) is 7.61. The van der Waals surface area contributed by atoms with Gasteiger partial charge in [0.1, 0.15) is 5.82 Å². The molecule has 21 heavy (non-hydrogen) atoms. The van der Waals surface area contributed by atoms with Crippen LogP contribution in [0.25, 0.3) is 0 Å². The Bertz CT molecular complexity index is 499. The van der Waals surface area contributed by atoms with Gasteiger partial charge in [-0.15, -0.1) is 16.8 Å². The van der Waals surface area contributed by atoms with Crippen molar-refractivity contribution in [2.45, 2.75) is 43.4 Å². The van der Waals surface area contributed by atoms with Gasteiger partial charge in [0, 0.05) is 25.6 Å². The second-order valence-electron chi connectivity index (χ2n) is 5.23. The standard InChI is InChI=1S/C14H22N4O2S/c1-4-7-18-13(11-5-6-11)16-17-14(18)21-9-12(19)15-10(2)8-20-3/h4,10-11H,1,5-9H2,2-3H3,(H,15,19). The number of carbonyl (C=O) groups is 1. The van der Waals surface area contributed by atoms with Gasteiger partial charge in [-0.3, -0.25) is 4.79 Å². The molecule has 1 aromatic heterocycles. The molecule has 1 aliphatic carbocycles. The van der Waals surface area contributed by atoms with Crippen molar-refractivity contribution in [2.24, 2.45) is 0 Å². The van der Waals surface area contributed by atoms with E-state index in [1.807, 2.05) is 13.0 Å². The van der Waals surface area contributed by atoms with E-state index >= 15 is 0 Å². The zero-order valence-electron chi connectivity index (χ0n) is 12.5. The van der Waals surface area contributed by atoms with Gasteiger partial charge in [-0.25, -0.2) is 0 Å². The van der Waals surface area contributed by atoms with E-state index in [0.29, 0.717) is 24.8 Å². The molecule has 6 nitrogen and oxygen atoms in total. The molecule has 1 fully saturated rings. The smallest absolute Gasteiger partial charge is 0.230 e. The number of thioether (sulfide) groups is 1. The van der Waals surface area contributed by atoms with Crippen molar-refractivity contribution in [2.75, 3.05) is 19.5 Å². The van der Waals surface area contributed by atoms with Gasteiger partial charge in [0.05, 0.1) is 12.4 Å². The van der Waals surface area contributed by atoms with Crippen LogP contribution < -0.4 is 5.32 Å². The van der Waals surface area contributed by atoms with E-state index in [4.69, 9.17) is 4.74 Å². The third-order valence-corrected chi connectivity index (χ3v) is 4.12. The number of methoxy groups -OCH3 is 1. The summed E-state index contributed by atoms with van der Waals surface area (Å²) in [5.74, 6) is 1.85. The van der Waals surface area contributed by atoms with E-state index in [2.05, 4.69) is 26.7 Å². The van der Waals surface area contributed by atoms with Crippen LogP contribution in [0.5, 0.6) is 0 Å². The first-order valence-corrected chi connectivity index (χ1v) is 8.09. The van der Waals surface area contributed by atoms with Crippen molar-refractivity contribution in [3.63, 3.8) is 0 Å². The van der Waals surface area contributed by atoms with E-state index in [1.165, 1.54) is 24.6 Å². The molecule has 1 N–H and O–H groups in total. The molecule has 1 heterocycles. The number of aromatic nitrogens is 3. The summed E-state index contributed by atoms with van der Waals surface area (Å²) in [6.07, 6.45) is 4.18. The number of nitrogens with one attached hydrogen (secondary N) is 1. The normalized spacial score (nSPS) is 15.7. The maximum absolute atomic E-state index is 11.9. The summed E-state index contributed by atoms with van der Waals surface area (Å²) >= 11 is 1.41. The molecule has 2 rings (SSSR count). The summed E-state index contributed by atoms with van der Waals surface area (Å²) in [4.78, 5) is 11.9. The van der Waals surface area contributed by atoms with Crippen molar-refractivity contribution < 1.29 is 9.53 Å². The highest BCUT2D eigenvalue weighted by atomic mass is 32.2. The molecule has 0 aliphatic heterocycles. The number of allylic oxidation sites excluding steroid dienone is 1. The molecule has 1 atom stereocenters. The van der Waals surface area contributed by atoms with Crippen molar-refractivity contribution >= 4 is 17.7 Å². The highest BCUT2D eigenvalue weighted by Gasteiger charge is 2.30. The lowest BCUT2D eigenvalue weighted by Crippen LogP contribution is -2.36. The Hall–Kier alpha value is -1.34. The predicted molar refractivity (Wildman–Crippen MR) is 82.4 cm³/mol. The Labute approximate surface area is 129 Å². The fraction of sp³-hybridized carbons (Fsp3) is 0.643. The largest absolute Gasteiger partial charge is 0.383 e. The lowest BCUT2D eigenvalue weighted by molar-refractivity contribution is -0.119. The topological polar surface area (TPSA) is 69.0 Å². The third kappa shape index (κ3) is 4.57. The number of hydrogen-bond donors (Lipinski definition) is 1. The van der Waals surface area contributed by atoms with E-state index in [0.717, 1.165) is 11.0 Å². The fourth-order valence-corrected chi connectivity index (χ4v) is 2.86. The van der Waals surface area contributed by atoms with Crippen molar-refractivity contribution in [1.29, 1.82) is 0 Å². The molecule has 0 spiro atoms. The minimum absolute atomic E-state index is 0.0103. The first kappa shape index (κ1) is 16.0. The van der Waals surface area contributed by atoms with Crippen LogP contribution in [0.4, 0.5) is 0 Å². The van der Waals surface area contributed by atoms with E-state index in [9.17, 15) is 4.79 Å². The van der Waals surface area contributed by atoms with E-state index in [1.54, 1.807) is 7.11 Å². The zero-order chi connectivity index (χ0) is 15.2. The summed E-state index contributed by atoms with van der Waals surface area (Å²) in [6, 6.07) is 0.0103. The van der Waals surface area contributed by atoms with Crippen LogP contribution in [-0.4, -0.2) is 46.2 Å². The number of hydrogen-bond acceptors (Lipinski definition) is 5. The number of rotatable bonds is 9. The van der Waals surface area contributed by atoms with E-state index < -0.39 is 0 Å². The Morgan fingerprint density at radius 2 is 2.38 bits per heavy atom. The number of nitrogens with zero attached hydrogens (tertiary/aromatic N) is 3. The maximum Gasteiger partial charge on any atom is 0.230 e. The molecule has 7 heteroatoms. The van der Waals surface area contributed by atoms with Crippen LogP contribution in [0.1, 0.15) is 31.5 Å². The van der Waals surface area contributed by atoms with Crippen LogP contribution in [0.15, 0.2) is 17.8 Å². The van der Waals surface area contributed by atoms with Gasteiger partial charge < -0.3 is 14.6 Å². The van der Waals surface area contributed by atoms with Crippen molar-refractivity contribution in [1.82, 2.24) is 20.1 Å². The maximum atomic E-state index is 11.9. The lowest BCUT2D eigenvalue weighted by atomic mass is 10.3. The molecule has 0 aromatic carbocycles. The van der Waals surface area contributed by atoms with Gasteiger partial charge in [0.15, 0.2) is 5.16 Å². The molecular formula is C14H22N4O2S. The van der Waals surface area contributed by atoms with Gasteiger partial charge >= 0.3 is 0 Å². The zero-order valence-corrected chi connectivity index (χ0v) is 13.4. The van der Waals surface area contributed by atoms with E-state index in [-0.39, 0.29) is 11.9 Å². The molecule has 1 unspecified atom stereocenters. The van der Waals surface area contributed by atoms with Gasteiger partial charge in [-0.2, -0.15) is 0 Å². The van der Waals surface area contributed by atoms with Crippen molar-refractivity contribution in [3.8, 4) is 0 Å². The molecule has 1 saturated carbocycles. The molecule has 0 radical (unpaired) electrons. The van der Waals surface area contributed by atoms with Crippen LogP contribution in [0, 0.1) is 0 Å². The summed E-state index contributed by atoms with van der Waals surface area (Å²) in [7, 11) is 1.62. The minimum atomic E-state index is -0.0225. The van der Waals surface area contributed by atoms with Gasteiger partial charge in [0.2, 0.25) is 5.91 Å². The summed E-state index contributed by atoms with van der Waals surface area (Å²) in [5.41, 5.74) is 0. The Morgan fingerprint density at radius 3 is 3.00 bits per heavy atom. The molecule has 1 aromatic rings. The van der Waals surface area contributed by atoms with Gasteiger partial charge in [0.25, 0.3) is 0 Å². The third-order valence-electron chi connectivity index (χ3n) is 3.16. The first-order chi connectivity index (χ1) is 10.2. The Balaban J connectivity index is 1.90. The van der Waals surface area contributed by atoms with Crippen LogP contribution >= 0.6 is 11.8 Å². The average Bonchev–Trinajstić information content (AvgIpc) is 3.20. The van der Waals surface area contributed by atoms with Gasteiger partial charge in [-0.1, -0.05) is 17.8 Å². The monoisotopic (exact) mass is 310 g/mol. The number of amides is 1. The number of carbonyl (C=O) groups excluding carboxylic acids is 1. The number of ether oxygens (including phenoxy) is 1. The first-order valence-electron chi connectivity index (χ1n) is 7.10. The summed E-state index contributed by atoms with van der Waals surface area (Å²) in [6.45, 7) is 6.88. The molecule has 1 aliphatic rings. The average molecular weight is 310 g/mol.